The molecule has 0 heterocycles. The summed E-state index contributed by atoms with van der Waals surface area (Å²) in [6.07, 6.45) is 11.9. The number of carbonyl (C=O) groups is 1. The van der Waals surface area contributed by atoms with E-state index >= 15 is 0 Å². The first-order chi connectivity index (χ1) is 10.5. The Morgan fingerprint density at radius 3 is 2.45 bits per heavy atom. The molecule has 2 rings (SSSR count). The van der Waals surface area contributed by atoms with Gasteiger partial charge in [-0.15, -0.1) is 0 Å². The molecule has 2 N–H and O–H groups in total. The van der Waals surface area contributed by atoms with Gasteiger partial charge in [0.2, 0.25) is 0 Å². The van der Waals surface area contributed by atoms with Gasteiger partial charge in [-0.25, -0.2) is 4.79 Å². The second-order valence-corrected chi connectivity index (χ2v) is 6.60. The van der Waals surface area contributed by atoms with Crippen LogP contribution in [0.25, 0.3) is 0 Å². The van der Waals surface area contributed by atoms with E-state index in [4.69, 9.17) is 5.11 Å². The first kappa shape index (κ1) is 16.8. The number of hydrogen-bond donors (Lipinski definition) is 2. The van der Waals surface area contributed by atoms with Crippen LogP contribution >= 0.6 is 0 Å². The number of allylic oxidation sites excluding steroid dienone is 2. The van der Waals surface area contributed by atoms with Crippen molar-refractivity contribution in [2.24, 2.45) is 11.3 Å². The molecule has 120 valence electrons. The molecule has 0 aromatic heterocycles. The van der Waals surface area contributed by atoms with E-state index in [1.54, 1.807) is 12.2 Å². The lowest BCUT2D eigenvalue weighted by Crippen LogP contribution is -2.45. The Labute approximate surface area is 132 Å². The molecule has 2 aliphatic carbocycles. The van der Waals surface area contributed by atoms with E-state index in [0.717, 1.165) is 38.5 Å². The van der Waals surface area contributed by atoms with E-state index in [2.05, 4.69) is 6.07 Å². The number of rotatable bonds is 6. The Bertz CT molecular complexity index is 519. The molecule has 0 spiro atoms. The fourth-order valence-corrected chi connectivity index (χ4v) is 3.62. The molecular formula is C18H25NO3. The molecule has 2 aliphatic rings. The molecule has 1 atom stereocenters. The molecule has 1 unspecified atom stereocenters. The van der Waals surface area contributed by atoms with Gasteiger partial charge in [0.15, 0.2) is 0 Å². The van der Waals surface area contributed by atoms with Crippen LogP contribution in [-0.2, 0) is 4.79 Å². The Kier molecular flexibility index (Phi) is 5.08. The van der Waals surface area contributed by atoms with E-state index in [1.165, 1.54) is 12.5 Å². The van der Waals surface area contributed by atoms with Crippen LogP contribution in [-0.4, -0.2) is 21.8 Å². The lowest BCUT2D eigenvalue weighted by Gasteiger charge is -2.40. The normalized spacial score (nSPS) is 24.7. The van der Waals surface area contributed by atoms with Crippen molar-refractivity contribution in [3.05, 3.63) is 23.8 Å². The lowest BCUT2D eigenvalue weighted by molar-refractivity contribution is -0.131. The lowest BCUT2D eigenvalue weighted by atomic mass is 9.68. The second-order valence-electron chi connectivity index (χ2n) is 6.60. The van der Waals surface area contributed by atoms with Gasteiger partial charge in [0.05, 0.1) is 11.5 Å². The summed E-state index contributed by atoms with van der Waals surface area (Å²) in [6.45, 7) is 1.88. The Balaban J connectivity index is 2.29. The molecule has 0 aliphatic heterocycles. The highest BCUT2D eigenvalue weighted by atomic mass is 16.4. The number of nitriles is 1. The smallest absolute Gasteiger partial charge is 0.328 e. The van der Waals surface area contributed by atoms with Gasteiger partial charge >= 0.3 is 5.97 Å². The SMILES string of the molecule is CCC(=C/C(=O)O)/C=C/C(O)(C1CCCCC1)C1(C#N)CC1. The standard InChI is InChI=1S/C18H25NO3/c1-2-14(12-16(20)21)8-9-18(22,17(13-19)10-11-17)15-6-4-3-5-7-15/h8-9,12,15,22H,2-7,10-11H2,1H3,(H,20,21)/b9-8+,14-12-. The fraction of sp³-hybridized carbons (Fsp3) is 0.667. The fourth-order valence-electron chi connectivity index (χ4n) is 3.62. The van der Waals surface area contributed by atoms with Crippen LogP contribution in [0.3, 0.4) is 0 Å². The summed E-state index contributed by atoms with van der Waals surface area (Å²) in [5.41, 5.74) is -1.14. The minimum atomic E-state index is -1.13. The minimum Gasteiger partial charge on any atom is -0.478 e. The van der Waals surface area contributed by atoms with Crippen molar-refractivity contribution in [2.75, 3.05) is 0 Å². The topological polar surface area (TPSA) is 81.3 Å². The Morgan fingerprint density at radius 1 is 1.36 bits per heavy atom. The third kappa shape index (κ3) is 3.25. The number of nitrogens with zero attached hydrogens (tertiary/aromatic N) is 1. The molecule has 4 nitrogen and oxygen atoms in total. The zero-order valence-corrected chi connectivity index (χ0v) is 13.2. The maximum Gasteiger partial charge on any atom is 0.328 e. The molecule has 0 aromatic carbocycles. The van der Waals surface area contributed by atoms with Crippen LogP contribution in [0.4, 0.5) is 0 Å². The highest BCUT2D eigenvalue weighted by Crippen LogP contribution is 2.59. The number of aliphatic carboxylic acids is 1. The Morgan fingerprint density at radius 2 is 2.00 bits per heavy atom. The molecule has 4 heteroatoms. The first-order valence-corrected chi connectivity index (χ1v) is 8.24. The predicted molar refractivity (Wildman–Crippen MR) is 84.0 cm³/mol. The van der Waals surface area contributed by atoms with Crippen molar-refractivity contribution in [1.82, 2.24) is 0 Å². The van der Waals surface area contributed by atoms with Gasteiger partial charge in [0.1, 0.15) is 5.60 Å². The Hall–Kier alpha value is -1.60. The number of aliphatic hydroxyl groups is 1. The van der Waals surface area contributed by atoms with Crippen molar-refractivity contribution in [1.29, 1.82) is 5.26 Å². The predicted octanol–water partition coefficient (Wildman–Crippen LogP) is 3.58. The minimum absolute atomic E-state index is 0.0996. The number of hydrogen-bond acceptors (Lipinski definition) is 3. The zero-order chi connectivity index (χ0) is 16.2. The van der Waals surface area contributed by atoms with Crippen molar-refractivity contribution in [3.63, 3.8) is 0 Å². The summed E-state index contributed by atoms with van der Waals surface area (Å²) in [7, 11) is 0. The number of carboxylic acid groups (broad SMARTS) is 1. The summed E-state index contributed by atoms with van der Waals surface area (Å²) >= 11 is 0. The highest BCUT2D eigenvalue weighted by molar-refractivity contribution is 5.81. The van der Waals surface area contributed by atoms with Crippen LogP contribution in [0.2, 0.25) is 0 Å². The molecule has 22 heavy (non-hydrogen) atoms. The average Bonchev–Trinajstić information content (AvgIpc) is 3.33. The van der Waals surface area contributed by atoms with Crippen LogP contribution in [0, 0.1) is 22.7 Å². The van der Waals surface area contributed by atoms with E-state index < -0.39 is 17.0 Å². The average molecular weight is 303 g/mol. The summed E-state index contributed by atoms with van der Waals surface area (Å²) < 4.78 is 0. The second kappa shape index (κ2) is 6.66. The molecule has 0 amide bonds. The highest BCUT2D eigenvalue weighted by Gasteiger charge is 2.61. The maximum absolute atomic E-state index is 11.3. The molecule has 2 fully saturated rings. The van der Waals surface area contributed by atoms with Gasteiger partial charge in [-0.05, 0) is 43.6 Å². The van der Waals surface area contributed by atoms with E-state index in [9.17, 15) is 15.2 Å². The van der Waals surface area contributed by atoms with Gasteiger partial charge in [0, 0.05) is 6.08 Å². The first-order valence-electron chi connectivity index (χ1n) is 8.24. The quantitative estimate of drug-likeness (QED) is 0.580. The molecular weight excluding hydrogens is 278 g/mol. The number of carboxylic acids is 1. The van der Waals surface area contributed by atoms with Gasteiger partial charge in [-0.3, -0.25) is 0 Å². The largest absolute Gasteiger partial charge is 0.478 e. The zero-order valence-electron chi connectivity index (χ0n) is 13.2. The van der Waals surface area contributed by atoms with Crippen LogP contribution in [0.15, 0.2) is 23.8 Å². The van der Waals surface area contributed by atoms with Crippen molar-refractivity contribution >= 4 is 5.97 Å². The summed E-state index contributed by atoms with van der Waals surface area (Å²) in [5.74, 6) is -0.883. The van der Waals surface area contributed by atoms with Gasteiger partial charge in [0.25, 0.3) is 0 Å². The van der Waals surface area contributed by atoms with Crippen molar-refractivity contribution in [3.8, 4) is 6.07 Å². The summed E-state index contributed by atoms with van der Waals surface area (Å²) in [6, 6.07) is 2.34. The van der Waals surface area contributed by atoms with Crippen LogP contribution in [0.5, 0.6) is 0 Å². The third-order valence-electron chi connectivity index (χ3n) is 5.23. The third-order valence-corrected chi connectivity index (χ3v) is 5.23. The summed E-state index contributed by atoms with van der Waals surface area (Å²) in [4.78, 5) is 10.8. The van der Waals surface area contributed by atoms with E-state index in [1.807, 2.05) is 6.92 Å². The van der Waals surface area contributed by atoms with Crippen LogP contribution < -0.4 is 0 Å². The molecule has 0 bridgehead atoms. The van der Waals surface area contributed by atoms with Crippen molar-refractivity contribution in [2.45, 2.75) is 63.9 Å². The monoisotopic (exact) mass is 303 g/mol. The van der Waals surface area contributed by atoms with Gasteiger partial charge < -0.3 is 10.2 Å². The molecule has 0 aromatic rings. The van der Waals surface area contributed by atoms with Crippen LogP contribution in [0.1, 0.15) is 58.3 Å². The van der Waals surface area contributed by atoms with E-state index in [-0.39, 0.29) is 5.92 Å². The van der Waals surface area contributed by atoms with E-state index in [0.29, 0.717) is 12.0 Å². The van der Waals surface area contributed by atoms with Gasteiger partial charge in [-0.2, -0.15) is 5.26 Å². The molecule has 0 saturated heterocycles. The summed E-state index contributed by atoms with van der Waals surface area (Å²) in [5, 5.41) is 29.7. The van der Waals surface area contributed by atoms with Gasteiger partial charge in [-0.1, -0.05) is 38.3 Å². The van der Waals surface area contributed by atoms with Crippen molar-refractivity contribution < 1.29 is 15.0 Å². The maximum atomic E-state index is 11.3. The molecule has 0 radical (unpaired) electrons. The molecule has 2 saturated carbocycles.